The third-order valence-electron chi connectivity index (χ3n) is 3.50. The number of carbonyl (C=O) groups is 1. The van der Waals surface area contributed by atoms with Crippen molar-refractivity contribution in [2.75, 3.05) is 11.9 Å². The number of rotatable bonds is 6. The van der Waals surface area contributed by atoms with Crippen LogP contribution in [0.5, 0.6) is 0 Å². The maximum absolute atomic E-state index is 12.2. The molecule has 2 aromatic rings. The van der Waals surface area contributed by atoms with Gasteiger partial charge in [0.1, 0.15) is 6.10 Å². The van der Waals surface area contributed by atoms with Gasteiger partial charge in [0.2, 0.25) is 10.0 Å². The van der Waals surface area contributed by atoms with Crippen LogP contribution in [-0.4, -0.2) is 27.2 Å². The molecule has 1 atom stereocenters. The number of sulfonamides is 1. The van der Waals surface area contributed by atoms with Crippen molar-refractivity contribution in [2.24, 2.45) is 0 Å². The molecule has 0 radical (unpaired) electrons. The summed E-state index contributed by atoms with van der Waals surface area (Å²) in [5.74, 6) is 0. The normalized spacial score (nSPS) is 12.4. The van der Waals surface area contributed by atoms with Crippen LogP contribution >= 0.6 is 0 Å². The lowest BCUT2D eigenvalue weighted by molar-refractivity contribution is 0.122. The highest BCUT2D eigenvalue weighted by atomic mass is 32.2. The van der Waals surface area contributed by atoms with Crippen molar-refractivity contribution >= 4 is 21.8 Å². The monoisotopic (exact) mass is 362 g/mol. The number of anilines is 1. The van der Waals surface area contributed by atoms with Crippen molar-refractivity contribution in [1.29, 1.82) is 0 Å². The summed E-state index contributed by atoms with van der Waals surface area (Å²) in [7, 11) is -3.63. The quantitative estimate of drug-likeness (QED) is 0.826. The highest BCUT2D eigenvalue weighted by Gasteiger charge is 2.17. The lowest BCUT2D eigenvalue weighted by atomic mass is 10.2. The number of hydrogen-bond acceptors (Lipinski definition) is 4. The molecule has 1 amide bonds. The molecule has 0 heterocycles. The number of aryl methyl sites for hydroxylation is 2. The van der Waals surface area contributed by atoms with E-state index in [4.69, 9.17) is 4.74 Å². The summed E-state index contributed by atoms with van der Waals surface area (Å²) in [6.07, 6.45) is -1.25. The van der Waals surface area contributed by atoms with E-state index in [9.17, 15) is 13.2 Å². The number of amides is 1. The summed E-state index contributed by atoms with van der Waals surface area (Å²) in [4.78, 5) is 12.0. The van der Waals surface area contributed by atoms with Crippen LogP contribution in [0, 0.1) is 13.8 Å². The van der Waals surface area contributed by atoms with Crippen molar-refractivity contribution in [3.05, 3.63) is 59.7 Å². The highest BCUT2D eigenvalue weighted by Crippen LogP contribution is 2.11. The van der Waals surface area contributed by atoms with Crippen LogP contribution in [-0.2, 0) is 14.8 Å². The predicted molar refractivity (Wildman–Crippen MR) is 97.1 cm³/mol. The van der Waals surface area contributed by atoms with Crippen molar-refractivity contribution < 1.29 is 17.9 Å². The Labute approximate surface area is 148 Å². The molecule has 0 bridgehead atoms. The first-order valence-corrected chi connectivity index (χ1v) is 9.35. The molecule has 2 rings (SSSR count). The van der Waals surface area contributed by atoms with Gasteiger partial charge in [0, 0.05) is 12.2 Å². The number of ether oxygens (including phenoxy) is 1. The number of nitrogens with one attached hydrogen (secondary N) is 2. The largest absolute Gasteiger partial charge is 0.445 e. The van der Waals surface area contributed by atoms with Crippen molar-refractivity contribution in [1.82, 2.24) is 4.72 Å². The number of carbonyl (C=O) groups excluding carboxylic acids is 1. The molecule has 7 heteroatoms. The van der Waals surface area contributed by atoms with E-state index in [1.807, 2.05) is 26.0 Å². The first-order valence-electron chi connectivity index (χ1n) is 7.87. The maximum Gasteiger partial charge on any atom is 0.411 e. The van der Waals surface area contributed by atoms with Crippen LogP contribution in [0.25, 0.3) is 0 Å². The molecule has 0 aromatic heterocycles. The van der Waals surface area contributed by atoms with Gasteiger partial charge in [-0.1, -0.05) is 35.4 Å². The van der Waals surface area contributed by atoms with E-state index in [0.717, 1.165) is 11.1 Å². The lowest BCUT2D eigenvalue weighted by Crippen LogP contribution is -2.34. The first-order chi connectivity index (χ1) is 11.8. The molecule has 0 aliphatic heterocycles. The summed E-state index contributed by atoms with van der Waals surface area (Å²) < 4.78 is 32.0. The Bertz CT molecular complexity index is 815. The molecule has 2 aromatic carbocycles. The van der Waals surface area contributed by atoms with E-state index in [0.29, 0.717) is 5.69 Å². The second-order valence-electron chi connectivity index (χ2n) is 5.87. The van der Waals surface area contributed by atoms with Crippen LogP contribution in [0.1, 0.15) is 18.1 Å². The van der Waals surface area contributed by atoms with Crippen LogP contribution in [0.15, 0.2) is 53.4 Å². The smallest absolute Gasteiger partial charge is 0.411 e. The Hall–Kier alpha value is -2.38. The second-order valence-corrected chi connectivity index (χ2v) is 7.64. The molecular weight excluding hydrogens is 340 g/mol. The van der Waals surface area contributed by atoms with E-state index in [1.165, 1.54) is 12.1 Å². The Morgan fingerprint density at radius 3 is 2.08 bits per heavy atom. The van der Waals surface area contributed by atoms with Crippen molar-refractivity contribution in [2.45, 2.75) is 31.8 Å². The van der Waals surface area contributed by atoms with Crippen LogP contribution in [0.2, 0.25) is 0 Å². The van der Waals surface area contributed by atoms with E-state index < -0.39 is 22.2 Å². The topological polar surface area (TPSA) is 84.5 Å². The molecule has 0 spiro atoms. The second kappa shape index (κ2) is 8.13. The maximum atomic E-state index is 12.2. The summed E-state index contributed by atoms with van der Waals surface area (Å²) in [6.45, 7) is 5.43. The molecule has 2 N–H and O–H groups in total. The van der Waals surface area contributed by atoms with E-state index in [-0.39, 0.29) is 11.4 Å². The molecular formula is C18H22N2O4S. The molecule has 134 valence electrons. The Morgan fingerprint density at radius 2 is 1.52 bits per heavy atom. The van der Waals surface area contributed by atoms with Gasteiger partial charge >= 0.3 is 6.09 Å². The van der Waals surface area contributed by atoms with Crippen LogP contribution < -0.4 is 10.0 Å². The fraction of sp³-hybridized carbons (Fsp3) is 0.278. The zero-order valence-corrected chi connectivity index (χ0v) is 15.3. The average Bonchev–Trinajstić information content (AvgIpc) is 2.55. The minimum Gasteiger partial charge on any atom is -0.445 e. The highest BCUT2D eigenvalue weighted by molar-refractivity contribution is 7.89. The Morgan fingerprint density at radius 1 is 1.00 bits per heavy atom. The molecule has 0 aliphatic rings. The fourth-order valence-electron chi connectivity index (χ4n) is 2.04. The molecule has 0 aliphatic carbocycles. The summed E-state index contributed by atoms with van der Waals surface area (Å²) in [5.41, 5.74) is 2.67. The molecule has 25 heavy (non-hydrogen) atoms. The van der Waals surface area contributed by atoms with E-state index >= 15 is 0 Å². The van der Waals surface area contributed by atoms with Gasteiger partial charge in [-0.15, -0.1) is 0 Å². The van der Waals surface area contributed by atoms with Gasteiger partial charge < -0.3 is 4.74 Å². The zero-order chi connectivity index (χ0) is 18.4. The van der Waals surface area contributed by atoms with E-state index in [1.54, 1.807) is 31.2 Å². The van der Waals surface area contributed by atoms with Gasteiger partial charge in [0.05, 0.1) is 4.90 Å². The third-order valence-corrected chi connectivity index (χ3v) is 4.94. The van der Waals surface area contributed by atoms with Crippen LogP contribution in [0.4, 0.5) is 10.5 Å². The lowest BCUT2D eigenvalue weighted by Gasteiger charge is -2.15. The van der Waals surface area contributed by atoms with Crippen molar-refractivity contribution in [3.63, 3.8) is 0 Å². The third kappa shape index (κ3) is 5.88. The Kier molecular flexibility index (Phi) is 6.17. The van der Waals surface area contributed by atoms with Crippen molar-refractivity contribution in [3.8, 4) is 0 Å². The van der Waals surface area contributed by atoms with Gasteiger partial charge in [-0.2, -0.15) is 0 Å². The van der Waals surface area contributed by atoms with Gasteiger partial charge in [-0.05, 0) is 45.0 Å². The first kappa shape index (κ1) is 19.0. The fourth-order valence-corrected chi connectivity index (χ4v) is 3.15. The number of hydrogen-bond donors (Lipinski definition) is 2. The minimum atomic E-state index is -3.63. The summed E-state index contributed by atoms with van der Waals surface area (Å²) in [6, 6.07) is 13.8. The van der Waals surface area contributed by atoms with Gasteiger partial charge in [-0.3, -0.25) is 5.32 Å². The molecule has 0 fully saturated rings. The molecule has 0 saturated carbocycles. The predicted octanol–water partition coefficient (Wildman–Crippen LogP) is 3.22. The molecule has 0 saturated heterocycles. The molecule has 1 unspecified atom stereocenters. The number of benzene rings is 2. The van der Waals surface area contributed by atoms with E-state index in [2.05, 4.69) is 10.0 Å². The Balaban J connectivity index is 1.85. The molecule has 6 nitrogen and oxygen atoms in total. The van der Waals surface area contributed by atoms with Gasteiger partial charge in [0.15, 0.2) is 0 Å². The average molecular weight is 362 g/mol. The van der Waals surface area contributed by atoms with Gasteiger partial charge in [0.25, 0.3) is 0 Å². The minimum absolute atomic E-state index is 0.0163. The van der Waals surface area contributed by atoms with Gasteiger partial charge in [-0.25, -0.2) is 17.9 Å². The standard InChI is InChI=1S/C18H22N2O4S/c1-13-4-8-16(9-5-13)20-18(21)24-15(3)12-19-25(22,23)17-10-6-14(2)7-11-17/h4-11,15,19H,12H2,1-3H3,(H,20,21). The summed E-state index contributed by atoms with van der Waals surface area (Å²) >= 11 is 0. The zero-order valence-electron chi connectivity index (χ0n) is 14.4. The summed E-state index contributed by atoms with van der Waals surface area (Å²) in [5, 5.41) is 2.60. The van der Waals surface area contributed by atoms with Crippen LogP contribution in [0.3, 0.4) is 0 Å². The SMILES string of the molecule is Cc1ccc(NC(=O)OC(C)CNS(=O)(=O)c2ccc(C)cc2)cc1.